The first-order valence-electron chi connectivity index (χ1n) is 11.7. The minimum Gasteiger partial charge on any atom is -0.354 e. The van der Waals surface area contributed by atoms with E-state index in [0.717, 1.165) is 16.7 Å². The van der Waals surface area contributed by atoms with E-state index in [4.69, 9.17) is 0 Å². The van der Waals surface area contributed by atoms with Gasteiger partial charge >= 0.3 is 0 Å². The van der Waals surface area contributed by atoms with Gasteiger partial charge in [0.15, 0.2) is 0 Å². The van der Waals surface area contributed by atoms with E-state index in [1.165, 1.54) is 4.31 Å². The molecule has 0 aromatic heterocycles. The minimum absolute atomic E-state index is 0.0822. The maximum absolute atomic E-state index is 13.9. The maximum Gasteiger partial charge on any atom is 0.265 e. The molecule has 4 rings (SSSR count). The Bertz CT molecular complexity index is 1250. The summed E-state index contributed by atoms with van der Waals surface area (Å²) >= 11 is 0. The van der Waals surface area contributed by atoms with Gasteiger partial charge in [-0.1, -0.05) is 81.4 Å². The molecule has 0 fully saturated rings. The van der Waals surface area contributed by atoms with Crippen LogP contribution in [0.15, 0.2) is 83.8 Å². The molecule has 1 aliphatic heterocycles. The molecule has 0 saturated carbocycles. The molecule has 6 heteroatoms. The fourth-order valence-electron chi connectivity index (χ4n) is 4.38. The number of sulfonamides is 1. The van der Waals surface area contributed by atoms with Crippen LogP contribution in [0.5, 0.6) is 0 Å². The van der Waals surface area contributed by atoms with Crippen LogP contribution in [-0.2, 0) is 33.1 Å². The number of hydrogen-bond donors (Lipinski definition) is 1. The molecule has 0 unspecified atom stereocenters. The predicted octanol–water partition coefficient (Wildman–Crippen LogP) is 4.85. The van der Waals surface area contributed by atoms with E-state index >= 15 is 0 Å². The Kier molecular flexibility index (Phi) is 6.80. The van der Waals surface area contributed by atoms with E-state index in [9.17, 15) is 13.2 Å². The molecule has 34 heavy (non-hydrogen) atoms. The van der Waals surface area contributed by atoms with Crippen LogP contribution in [0.25, 0.3) is 0 Å². The van der Waals surface area contributed by atoms with Crippen LogP contribution in [0, 0.1) is 0 Å². The molecule has 1 atom stereocenters. The summed E-state index contributed by atoms with van der Waals surface area (Å²) in [6.45, 7) is 6.72. The second-order valence-corrected chi connectivity index (χ2v) is 11.6. The highest BCUT2D eigenvalue weighted by molar-refractivity contribution is 7.93. The van der Waals surface area contributed by atoms with Crippen molar-refractivity contribution in [3.05, 3.63) is 95.6 Å². The van der Waals surface area contributed by atoms with Crippen molar-refractivity contribution in [3.63, 3.8) is 0 Å². The van der Waals surface area contributed by atoms with Crippen LogP contribution in [0.3, 0.4) is 0 Å². The molecule has 1 amide bonds. The third-order valence-electron chi connectivity index (χ3n) is 6.33. The van der Waals surface area contributed by atoms with Crippen molar-refractivity contribution in [2.45, 2.75) is 56.4 Å². The highest BCUT2D eigenvalue weighted by Gasteiger charge is 2.39. The number of hydrogen-bond acceptors (Lipinski definition) is 3. The van der Waals surface area contributed by atoms with Gasteiger partial charge in [-0.25, -0.2) is 8.42 Å². The summed E-state index contributed by atoms with van der Waals surface area (Å²) in [6.07, 6.45) is 1.78. The van der Waals surface area contributed by atoms with Crippen LogP contribution in [0.1, 0.15) is 43.9 Å². The normalized spacial score (nSPS) is 16.1. The van der Waals surface area contributed by atoms with Gasteiger partial charge in [-0.2, -0.15) is 0 Å². The van der Waals surface area contributed by atoms with Crippen molar-refractivity contribution in [1.29, 1.82) is 0 Å². The monoisotopic (exact) mass is 476 g/mol. The Balaban J connectivity index is 1.62. The smallest absolute Gasteiger partial charge is 0.265 e. The molecule has 5 nitrogen and oxygen atoms in total. The summed E-state index contributed by atoms with van der Waals surface area (Å²) in [4.78, 5) is 13.4. The van der Waals surface area contributed by atoms with E-state index in [2.05, 4.69) is 26.1 Å². The predicted molar refractivity (Wildman–Crippen MR) is 137 cm³/mol. The lowest BCUT2D eigenvalue weighted by Crippen LogP contribution is -2.52. The first-order chi connectivity index (χ1) is 16.2. The first-order valence-corrected chi connectivity index (χ1v) is 13.2. The van der Waals surface area contributed by atoms with Crippen LogP contribution in [0.2, 0.25) is 0 Å². The number of carbonyl (C=O) groups is 1. The van der Waals surface area contributed by atoms with E-state index in [-0.39, 0.29) is 16.2 Å². The summed E-state index contributed by atoms with van der Waals surface area (Å²) in [5.74, 6) is -0.264. The number of aryl methyl sites for hydroxylation is 1. The van der Waals surface area contributed by atoms with E-state index in [1.54, 1.807) is 18.2 Å². The average molecular weight is 477 g/mol. The Hall–Kier alpha value is -3.12. The van der Waals surface area contributed by atoms with Gasteiger partial charge in [0, 0.05) is 6.54 Å². The molecule has 0 radical (unpaired) electrons. The third kappa shape index (κ3) is 5.02. The summed E-state index contributed by atoms with van der Waals surface area (Å²) < 4.78 is 29.1. The van der Waals surface area contributed by atoms with Crippen molar-refractivity contribution in [1.82, 2.24) is 5.32 Å². The lowest BCUT2D eigenvalue weighted by Gasteiger charge is -2.37. The zero-order valence-electron chi connectivity index (χ0n) is 20.0. The van der Waals surface area contributed by atoms with Gasteiger partial charge < -0.3 is 5.32 Å². The molecule has 1 heterocycles. The van der Waals surface area contributed by atoms with Crippen molar-refractivity contribution >= 4 is 21.6 Å². The number of anilines is 1. The van der Waals surface area contributed by atoms with Gasteiger partial charge in [-0.05, 0) is 59.6 Å². The van der Waals surface area contributed by atoms with Crippen LogP contribution in [0.4, 0.5) is 5.69 Å². The third-order valence-corrected chi connectivity index (χ3v) is 8.17. The number of rotatable bonds is 6. The second kappa shape index (κ2) is 9.63. The molecule has 0 saturated heterocycles. The molecular weight excluding hydrogens is 444 g/mol. The van der Waals surface area contributed by atoms with E-state index in [1.807, 2.05) is 60.7 Å². The molecular formula is C28H32N2O3S. The van der Waals surface area contributed by atoms with Crippen molar-refractivity contribution in [2.24, 2.45) is 0 Å². The van der Waals surface area contributed by atoms with Crippen molar-refractivity contribution in [2.75, 3.05) is 10.8 Å². The number of fused-ring (bicyclic) bond motifs is 1. The largest absolute Gasteiger partial charge is 0.354 e. The number of nitrogens with one attached hydrogen (secondary N) is 1. The Morgan fingerprint density at radius 2 is 1.59 bits per heavy atom. The van der Waals surface area contributed by atoms with Gasteiger partial charge in [0.2, 0.25) is 5.91 Å². The summed E-state index contributed by atoms with van der Waals surface area (Å²) in [5, 5.41) is 2.97. The van der Waals surface area contributed by atoms with Crippen LogP contribution in [-0.4, -0.2) is 26.9 Å². The Labute approximate surface area is 202 Å². The summed E-state index contributed by atoms with van der Waals surface area (Å²) in [7, 11) is -3.94. The van der Waals surface area contributed by atoms with Gasteiger partial charge in [0.05, 0.1) is 10.6 Å². The highest BCUT2D eigenvalue weighted by atomic mass is 32.2. The summed E-state index contributed by atoms with van der Waals surface area (Å²) in [6, 6.07) is 23.6. The van der Waals surface area contributed by atoms with E-state index < -0.39 is 16.1 Å². The SMILES string of the molecule is CC(C)(C)c1ccc(S(=O)(=O)N2c3ccccc3CC[C@H]2C(=O)NCCc2ccccc2)cc1. The molecule has 0 aliphatic carbocycles. The zero-order chi connectivity index (χ0) is 24.3. The number of benzene rings is 3. The minimum atomic E-state index is -3.94. The standard InChI is InChI=1S/C28H32N2O3S/c1-28(2,3)23-14-16-24(17-15-23)34(32,33)30-25-12-8-7-11-22(25)13-18-26(30)27(31)29-20-19-21-9-5-4-6-10-21/h4-12,14-17,26H,13,18-20H2,1-3H3,(H,29,31)/t26-/m0/s1. The van der Waals surface area contributed by atoms with Gasteiger partial charge in [0.1, 0.15) is 6.04 Å². The average Bonchev–Trinajstić information content (AvgIpc) is 2.83. The van der Waals surface area contributed by atoms with Gasteiger partial charge in [-0.15, -0.1) is 0 Å². The number of nitrogens with zero attached hydrogens (tertiary/aromatic N) is 1. The number of carbonyl (C=O) groups excluding carboxylic acids is 1. The molecule has 1 N–H and O–H groups in total. The topological polar surface area (TPSA) is 66.5 Å². The quantitative estimate of drug-likeness (QED) is 0.553. The number of amides is 1. The maximum atomic E-state index is 13.9. The highest BCUT2D eigenvalue weighted by Crippen LogP contribution is 2.36. The molecule has 3 aromatic rings. The number of para-hydroxylation sites is 1. The molecule has 1 aliphatic rings. The fraction of sp³-hybridized carbons (Fsp3) is 0.321. The van der Waals surface area contributed by atoms with Gasteiger partial charge in [-0.3, -0.25) is 9.10 Å². The van der Waals surface area contributed by atoms with E-state index in [0.29, 0.717) is 31.5 Å². The first kappa shape index (κ1) is 24.0. The summed E-state index contributed by atoms with van der Waals surface area (Å²) in [5.41, 5.74) is 3.62. The molecule has 0 bridgehead atoms. The molecule has 178 valence electrons. The van der Waals surface area contributed by atoms with Crippen molar-refractivity contribution in [3.8, 4) is 0 Å². The Morgan fingerprint density at radius 3 is 2.26 bits per heavy atom. The molecule has 3 aromatic carbocycles. The zero-order valence-corrected chi connectivity index (χ0v) is 20.8. The van der Waals surface area contributed by atoms with Crippen molar-refractivity contribution < 1.29 is 13.2 Å². The fourth-order valence-corrected chi connectivity index (χ4v) is 6.06. The molecule has 0 spiro atoms. The van der Waals surface area contributed by atoms with Crippen LogP contribution < -0.4 is 9.62 Å². The van der Waals surface area contributed by atoms with Gasteiger partial charge in [0.25, 0.3) is 10.0 Å². The lowest BCUT2D eigenvalue weighted by atomic mass is 9.87. The van der Waals surface area contributed by atoms with Crippen LogP contribution >= 0.6 is 0 Å². The lowest BCUT2D eigenvalue weighted by molar-refractivity contribution is -0.122. The Morgan fingerprint density at radius 1 is 0.941 bits per heavy atom. The second-order valence-electron chi connectivity index (χ2n) is 9.79.